The molecule has 38 heavy (non-hydrogen) atoms. The van der Waals surface area contributed by atoms with Gasteiger partial charge >= 0.3 is 0 Å². The van der Waals surface area contributed by atoms with Crippen LogP contribution in [0.2, 0.25) is 0 Å². The average Bonchev–Trinajstić information content (AvgIpc) is 3.60. The topological polar surface area (TPSA) is 54.8 Å². The lowest BCUT2D eigenvalue weighted by Crippen LogP contribution is -2.18. The van der Waals surface area contributed by atoms with E-state index < -0.39 is 0 Å². The lowest BCUT2D eigenvalue weighted by Gasteiger charge is -2.34. The zero-order valence-electron chi connectivity index (χ0n) is 20.1. The first-order valence-corrected chi connectivity index (χ1v) is 14.0. The second-order valence-corrected chi connectivity index (χ2v) is 11.3. The summed E-state index contributed by atoms with van der Waals surface area (Å²) in [7, 11) is 0. The van der Waals surface area contributed by atoms with Crippen molar-refractivity contribution in [1.82, 2.24) is 19.9 Å². The minimum Gasteiger partial charge on any atom is -0.310 e. The zero-order chi connectivity index (χ0) is 25.1. The van der Waals surface area contributed by atoms with Crippen LogP contribution in [0.4, 0.5) is 17.1 Å². The molecule has 4 aromatic heterocycles. The molecule has 0 atom stereocenters. The van der Waals surface area contributed by atoms with Gasteiger partial charge in [0.25, 0.3) is 0 Å². The first kappa shape index (κ1) is 21.6. The number of para-hydroxylation sites is 2. The van der Waals surface area contributed by atoms with Crippen LogP contribution in [0.3, 0.4) is 0 Å². The fourth-order valence-electron chi connectivity index (χ4n) is 5.16. The van der Waals surface area contributed by atoms with Gasteiger partial charge in [-0.15, -0.1) is 22.7 Å². The summed E-state index contributed by atoms with van der Waals surface area (Å²) in [5, 5.41) is 1.94. The predicted octanol–water partition coefficient (Wildman–Crippen LogP) is 8.40. The monoisotopic (exact) mass is 525 g/mol. The van der Waals surface area contributed by atoms with Crippen LogP contribution >= 0.6 is 22.7 Å². The summed E-state index contributed by atoms with van der Waals surface area (Å²) in [5.41, 5.74) is 10.2. The smallest absolute Gasteiger partial charge is 0.124 e. The standard InChI is InChI=1S/C31H19N5S2/c1-3-7-26-19(5-1)13-20-6-2-4-8-27(20)36(26)23-15-21(30-34-24-9-11-32-17-28(24)37-30)14-22(16-23)31-35-25-10-12-33-18-29(25)38-31/h1-12,14-18H,13H2. The molecule has 0 unspecified atom stereocenters. The van der Waals surface area contributed by atoms with Crippen LogP contribution in [0.25, 0.3) is 41.6 Å². The van der Waals surface area contributed by atoms with E-state index in [4.69, 9.17) is 9.97 Å². The predicted molar refractivity (Wildman–Crippen MR) is 157 cm³/mol. The molecule has 0 spiro atoms. The van der Waals surface area contributed by atoms with Crippen molar-refractivity contribution in [2.45, 2.75) is 6.42 Å². The van der Waals surface area contributed by atoms with Crippen LogP contribution in [0, 0.1) is 0 Å². The number of pyridine rings is 2. The van der Waals surface area contributed by atoms with Gasteiger partial charge in [-0.05, 0) is 53.6 Å². The van der Waals surface area contributed by atoms with E-state index in [0.29, 0.717) is 0 Å². The Bertz CT molecular complexity index is 1790. The number of thiazole rings is 2. The van der Waals surface area contributed by atoms with E-state index >= 15 is 0 Å². The number of hydrogen-bond donors (Lipinski definition) is 0. The Kier molecular flexibility index (Phi) is 4.86. The highest BCUT2D eigenvalue weighted by atomic mass is 32.1. The summed E-state index contributed by atoms with van der Waals surface area (Å²) < 4.78 is 2.16. The largest absolute Gasteiger partial charge is 0.310 e. The molecule has 0 saturated heterocycles. The van der Waals surface area contributed by atoms with Gasteiger partial charge in [0.1, 0.15) is 10.0 Å². The minimum atomic E-state index is 0.922. The molecule has 5 heterocycles. The molecule has 0 saturated carbocycles. The van der Waals surface area contributed by atoms with Crippen LogP contribution in [0.15, 0.2) is 104 Å². The molecule has 0 N–H and O–H groups in total. The lowest BCUT2D eigenvalue weighted by molar-refractivity contribution is 1.09. The number of nitrogens with zero attached hydrogens (tertiary/aromatic N) is 5. The van der Waals surface area contributed by atoms with Crippen molar-refractivity contribution in [2.24, 2.45) is 0 Å². The van der Waals surface area contributed by atoms with Crippen molar-refractivity contribution in [3.63, 3.8) is 0 Å². The van der Waals surface area contributed by atoms with Crippen molar-refractivity contribution >= 4 is 60.2 Å². The van der Waals surface area contributed by atoms with Gasteiger partial charge < -0.3 is 4.90 Å². The van der Waals surface area contributed by atoms with Crippen molar-refractivity contribution in [2.75, 3.05) is 4.90 Å². The molecule has 5 nitrogen and oxygen atoms in total. The molecule has 0 fully saturated rings. The Morgan fingerprint density at radius 3 is 1.66 bits per heavy atom. The van der Waals surface area contributed by atoms with Gasteiger partial charge in [-0.25, -0.2) is 9.97 Å². The molecule has 7 heteroatoms. The second kappa shape index (κ2) is 8.55. The number of anilines is 3. The SMILES string of the molecule is c1ccc2c(c1)Cc1ccccc1N2c1cc(-c2nc3ccncc3s2)cc(-c2nc3ccncc3s2)c1. The first-order chi connectivity index (χ1) is 18.8. The number of rotatable bonds is 3. The van der Waals surface area contributed by atoms with E-state index in [1.807, 2.05) is 24.5 Å². The quantitative estimate of drug-likeness (QED) is 0.232. The normalized spacial score (nSPS) is 12.6. The summed E-state index contributed by atoms with van der Waals surface area (Å²) >= 11 is 3.33. The van der Waals surface area contributed by atoms with E-state index in [0.717, 1.165) is 53.7 Å². The summed E-state index contributed by atoms with van der Waals surface area (Å²) in [6.45, 7) is 0. The molecular formula is C31H19N5S2. The summed E-state index contributed by atoms with van der Waals surface area (Å²) in [6.07, 6.45) is 8.29. The van der Waals surface area contributed by atoms with Crippen molar-refractivity contribution < 1.29 is 0 Å². The van der Waals surface area contributed by atoms with E-state index in [9.17, 15) is 0 Å². The molecule has 1 aliphatic rings. The maximum Gasteiger partial charge on any atom is 0.124 e. The van der Waals surface area contributed by atoms with Gasteiger partial charge in [0.2, 0.25) is 0 Å². The first-order valence-electron chi connectivity index (χ1n) is 12.3. The lowest BCUT2D eigenvalue weighted by atomic mass is 9.94. The van der Waals surface area contributed by atoms with E-state index in [1.165, 1.54) is 22.5 Å². The number of aromatic nitrogens is 4. The fraction of sp³-hybridized carbons (Fsp3) is 0.0323. The van der Waals surface area contributed by atoms with Crippen LogP contribution in [-0.4, -0.2) is 19.9 Å². The van der Waals surface area contributed by atoms with Crippen LogP contribution < -0.4 is 4.90 Å². The Morgan fingerprint density at radius 2 is 1.13 bits per heavy atom. The summed E-state index contributed by atoms with van der Waals surface area (Å²) in [6, 6.07) is 28.0. The molecule has 180 valence electrons. The Hall–Kier alpha value is -4.46. The van der Waals surface area contributed by atoms with Gasteiger partial charge in [-0.2, -0.15) is 0 Å². The van der Waals surface area contributed by atoms with Crippen LogP contribution in [0.5, 0.6) is 0 Å². The Morgan fingerprint density at radius 1 is 0.605 bits per heavy atom. The fourth-order valence-corrected chi connectivity index (χ4v) is 7.00. The van der Waals surface area contributed by atoms with Crippen molar-refractivity contribution in [3.8, 4) is 21.1 Å². The average molecular weight is 526 g/mol. The third-order valence-electron chi connectivity index (χ3n) is 6.90. The Labute approximate surface area is 226 Å². The summed E-state index contributed by atoms with van der Waals surface area (Å²) in [4.78, 5) is 20.9. The minimum absolute atomic E-state index is 0.922. The van der Waals surface area contributed by atoms with Crippen molar-refractivity contribution in [3.05, 3.63) is 115 Å². The molecule has 1 aliphatic heterocycles. The zero-order valence-corrected chi connectivity index (χ0v) is 21.7. The third kappa shape index (κ3) is 3.51. The molecule has 0 radical (unpaired) electrons. The maximum atomic E-state index is 4.97. The van der Waals surface area contributed by atoms with Gasteiger partial charge in [-0.1, -0.05) is 36.4 Å². The van der Waals surface area contributed by atoms with Gasteiger partial charge in [0.15, 0.2) is 0 Å². The number of benzene rings is 3. The number of fused-ring (bicyclic) bond motifs is 4. The van der Waals surface area contributed by atoms with Crippen LogP contribution in [-0.2, 0) is 6.42 Å². The van der Waals surface area contributed by atoms with E-state index in [2.05, 4.69) is 81.6 Å². The van der Waals surface area contributed by atoms with E-state index in [1.54, 1.807) is 35.1 Å². The molecule has 0 bridgehead atoms. The number of hydrogen-bond acceptors (Lipinski definition) is 7. The molecule has 8 rings (SSSR count). The highest BCUT2D eigenvalue weighted by Gasteiger charge is 2.25. The molecule has 0 aliphatic carbocycles. The van der Waals surface area contributed by atoms with E-state index in [-0.39, 0.29) is 0 Å². The molecule has 3 aromatic carbocycles. The second-order valence-electron chi connectivity index (χ2n) is 9.26. The summed E-state index contributed by atoms with van der Waals surface area (Å²) in [5.74, 6) is 0. The van der Waals surface area contributed by atoms with Crippen molar-refractivity contribution in [1.29, 1.82) is 0 Å². The Balaban J connectivity index is 1.39. The molecule has 7 aromatic rings. The van der Waals surface area contributed by atoms with Gasteiger partial charge in [0.05, 0.1) is 20.4 Å². The van der Waals surface area contributed by atoms with Gasteiger partial charge in [-0.3, -0.25) is 9.97 Å². The highest BCUT2D eigenvalue weighted by Crippen LogP contribution is 2.46. The van der Waals surface area contributed by atoms with Crippen LogP contribution in [0.1, 0.15) is 11.1 Å². The maximum absolute atomic E-state index is 4.97. The molecule has 0 amide bonds. The third-order valence-corrected chi connectivity index (χ3v) is 9.01. The highest BCUT2D eigenvalue weighted by molar-refractivity contribution is 7.22. The van der Waals surface area contributed by atoms with Gasteiger partial charge in [0, 0.05) is 59.4 Å². The molecular weight excluding hydrogens is 507 g/mol.